The van der Waals surface area contributed by atoms with E-state index in [-0.39, 0.29) is 34.4 Å². The van der Waals surface area contributed by atoms with Gasteiger partial charge in [-0.2, -0.15) is 0 Å². The first kappa shape index (κ1) is 20.8. The van der Waals surface area contributed by atoms with E-state index in [1.54, 1.807) is 0 Å². The molecule has 11 nitrogen and oxygen atoms in total. The van der Waals surface area contributed by atoms with Gasteiger partial charge in [0.05, 0.1) is 21.4 Å². The first-order valence-corrected chi connectivity index (χ1v) is 8.38. The van der Waals surface area contributed by atoms with Gasteiger partial charge in [0.2, 0.25) is 11.8 Å². The highest BCUT2D eigenvalue weighted by atomic mass is 16.6. The summed E-state index contributed by atoms with van der Waals surface area (Å²) in [4.78, 5) is 62.7. The van der Waals surface area contributed by atoms with Gasteiger partial charge in [0.25, 0.3) is 5.69 Å². The minimum atomic E-state index is -1.11. The Labute approximate surface area is 158 Å². The predicted molar refractivity (Wildman–Crippen MR) is 101 cm³/mol. The lowest BCUT2D eigenvalue weighted by Gasteiger charge is -2.27. The number of aromatic nitrogens is 2. The summed E-state index contributed by atoms with van der Waals surface area (Å²) >= 11 is 0. The predicted octanol–water partition coefficient (Wildman–Crippen LogP) is 0.197. The van der Waals surface area contributed by atoms with E-state index >= 15 is 0 Å². The summed E-state index contributed by atoms with van der Waals surface area (Å²) in [5.41, 5.74) is 2.82. The Morgan fingerprint density at radius 1 is 1.29 bits per heavy atom. The van der Waals surface area contributed by atoms with Crippen LogP contribution in [0.15, 0.2) is 15.7 Å². The third kappa shape index (κ3) is 3.63. The van der Waals surface area contributed by atoms with Crippen LogP contribution in [0.25, 0.3) is 11.0 Å². The molecule has 150 valence electrons. The van der Waals surface area contributed by atoms with E-state index in [9.17, 15) is 29.3 Å². The Bertz CT molecular complexity index is 1100. The number of nitrogens with two attached hydrogens (primary N) is 1. The SMILES string of the molecule is Cc1c([N+](=O)[O-])cc2[nH]c(=O)c(=O)[nH]c2c1CNC(=O)C(C)C(C)(C)C(N)=O. The van der Waals surface area contributed by atoms with Crippen LogP contribution in [-0.2, 0) is 16.1 Å². The number of fused-ring (bicyclic) bond motifs is 1. The Hall–Kier alpha value is -3.50. The van der Waals surface area contributed by atoms with Gasteiger partial charge in [-0.05, 0) is 6.92 Å². The number of nitro groups is 1. The van der Waals surface area contributed by atoms with Crippen LogP contribution >= 0.6 is 0 Å². The second kappa shape index (κ2) is 7.25. The molecule has 28 heavy (non-hydrogen) atoms. The van der Waals surface area contributed by atoms with Gasteiger partial charge >= 0.3 is 11.1 Å². The first-order chi connectivity index (χ1) is 12.9. The highest BCUT2D eigenvalue weighted by Crippen LogP contribution is 2.29. The quantitative estimate of drug-likeness (QED) is 0.310. The van der Waals surface area contributed by atoms with Gasteiger partial charge in [-0.15, -0.1) is 0 Å². The zero-order chi connectivity index (χ0) is 21.4. The van der Waals surface area contributed by atoms with Crippen LogP contribution in [0.4, 0.5) is 5.69 Å². The average Bonchev–Trinajstić information content (AvgIpc) is 2.60. The van der Waals surface area contributed by atoms with E-state index in [2.05, 4.69) is 15.3 Å². The first-order valence-electron chi connectivity index (χ1n) is 8.38. The molecule has 0 fully saturated rings. The van der Waals surface area contributed by atoms with E-state index in [0.29, 0.717) is 0 Å². The fourth-order valence-corrected chi connectivity index (χ4v) is 2.69. The van der Waals surface area contributed by atoms with E-state index in [1.165, 1.54) is 27.7 Å². The number of aromatic amines is 2. The number of hydrogen-bond donors (Lipinski definition) is 4. The van der Waals surface area contributed by atoms with Crippen LogP contribution < -0.4 is 22.2 Å². The number of hydrogen-bond acceptors (Lipinski definition) is 6. The largest absolute Gasteiger partial charge is 0.369 e. The molecule has 0 aliphatic heterocycles. The maximum Gasteiger partial charge on any atom is 0.314 e. The van der Waals surface area contributed by atoms with Crippen molar-refractivity contribution >= 4 is 28.5 Å². The van der Waals surface area contributed by atoms with Crippen molar-refractivity contribution in [2.24, 2.45) is 17.1 Å². The Kier molecular flexibility index (Phi) is 5.39. The monoisotopic (exact) mass is 391 g/mol. The van der Waals surface area contributed by atoms with Crippen molar-refractivity contribution in [1.82, 2.24) is 15.3 Å². The molecular formula is C17H21N5O6. The number of carbonyl (C=O) groups excluding carboxylic acids is 2. The molecule has 0 radical (unpaired) electrons. The molecule has 0 aliphatic carbocycles. The maximum absolute atomic E-state index is 12.5. The Balaban J connectivity index is 2.50. The van der Waals surface area contributed by atoms with Crippen molar-refractivity contribution in [3.05, 3.63) is 48.0 Å². The van der Waals surface area contributed by atoms with Crippen molar-refractivity contribution in [1.29, 1.82) is 0 Å². The minimum absolute atomic E-state index is 0.0664. The number of nitrogens with zero attached hydrogens (tertiary/aromatic N) is 1. The molecular weight excluding hydrogens is 370 g/mol. The van der Waals surface area contributed by atoms with Crippen molar-refractivity contribution in [3.63, 3.8) is 0 Å². The summed E-state index contributed by atoms with van der Waals surface area (Å²) in [7, 11) is 0. The fourth-order valence-electron chi connectivity index (χ4n) is 2.69. The average molecular weight is 391 g/mol. The van der Waals surface area contributed by atoms with Gasteiger partial charge in [0, 0.05) is 29.7 Å². The molecule has 1 atom stereocenters. The summed E-state index contributed by atoms with van der Waals surface area (Å²) in [6, 6.07) is 1.14. The molecule has 5 N–H and O–H groups in total. The fraction of sp³-hybridized carbons (Fsp3) is 0.412. The van der Waals surface area contributed by atoms with E-state index in [4.69, 9.17) is 5.73 Å². The molecule has 0 aliphatic rings. The summed E-state index contributed by atoms with van der Waals surface area (Å²) < 4.78 is 0. The molecule has 2 amide bonds. The summed E-state index contributed by atoms with van der Waals surface area (Å²) in [5.74, 6) is -1.90. The number of H-pyrrole nitrogens is 2. The van der Waals surface area contributed by atoms with E-state index in [0.717, 1.165) is 6.07 Å². The third-order valence-corrected chi connectivity index (χ3v) is 5.13. The molecule has 0 saturated carbocycles. The molecule has 1 heterocycles. The van der Waals surface area contributed by atoms with Crippen LogP contribution in [0.1, 0.15) is 31.9 Å². The molecule has 1 aromatic carbocycles. The third-order valence-electron chi connectivity index (χ3n) is 5.13. The van der Waals surface area contributed by atoms with Crippen LogP contribution in [0, 0.1) is 28.4 Å². The second-order valence-electron chi connectivity index (χ2n) is 7.11. The standard InChI is InChI=1S/C17H21N5O6/c1-7-9(6-19-13(23)8(2)17(3,4)16(18)26)12-10(5-11(7)22(27)28)20-14(24)15(25)21-12/h5,8H,6H2,1-4H3,(H2,18,26)(H,19,23)(H,20,24)(H,21,25). The van der Waals surface area contributed by atoms with E-state index < -0.39 is 39.2 Å². The van der Waals surface area contributed by atoms with Crippen molar-refractivity contribution in [3.8, 4) is 0 Å². The zero-order valence-corrected chi connectivity index (χ0v) is 15.8. The molecule has 0 saturated heterocycles. The maximum atomic E-state index is 12.5. The topological polar surface area (TPSA) is 181 Å². The number of carbonyl (C=O) groups is 2. The van der Waals surface area contributed by atoms with Crippen molar-refractivity contribution < 1.29 is 14.5 Å². The zero-order valence-electron chi connectivity index (χ0n) is 15.8. The van der Waals surface area contributed by atoms with Crippen LogP contribution in [0.2, 0.25) is 0 Å². The van der Waals surface area contributed by atoms with Gasteiger partial charge in [-0.25, -0.2) is 0 Å². The van der Waals surface area contributed by atoms with Gasteiger partial charge < -0.3 is 21.0 Å². The lowest BCUT2D eigenvalue weighted by molar-refractivity contribution is -0.385. The molecule has 0 spiro atoms. The number of benzene rings is 1. The minimum Gasteiger partial charge on any atom is -0.369 e. The normalized spacial score (nSPS) is 12.6. The summed E-state index contributed by atoms with van der Waals surface area (Å²) in [6.07, 6.45) is 0. The lowest BCUT2D eigenvalue weighted by Crippen LogP contribution is -2.44. The number of nitro benzene ring substituents is 1. The molecule has 2 aromatic rings. The number of nitrogens with one attached hydrogen (secondary N) is 3. The Morgan fingerprint density at radius 2 is 1.86 bits per heavy atom. The van der Waals surface area contributed by atoms with Crippen molar-refractivity contribution in [2.45, 2.75) is 34.2 Å². The van der Waals surface area contributed by atoms with Crippen molar-refractivity contribution in [2.75, 3.05) is 0 Å². The molecule has 11 heteroatoms. The number of rotatable bonds is 6. The smallest absolute Gasteiger partial charge is 0.314 e. The van der Waals surface area contributed by atoms with Gasteiger partial charge in [0.1, 0.15) is 0 Å². The summed E-state index contributed by atoms with van der Waals surface area (Å²) in [5, 5.41) is 13.9. The second-order valence-corrected chi connectivity index (χ2v) is 7.11. The van der Waals surface area contributed by atoms with Crippen LogP contribution in [0.5, 0.6) is 0 Å². The van der Waals surface area contributed by atoms with Gasteiger partial charge in [-0.3, -0.25) is 29.3 Å². The van der Waals surface area contributed by atoms with Gasteiger partial charge in [0.15, 0.2) is 0 Å². The molecule has 0 bridgehead atoms. The molecule has 1 unspecified atom stereocenters. The number of primary amides is 1. The van der Waals surface area contributed by atoms with Crippen LogP contribution in [-0.4, -0.2) is 26.7 Å². The lowest BCUT2D eigenvalue weighted by atomic mass is 9.79. The van der Waals surface area contributed by atoms with Gasteiger partial charge in [-0.1, -0.05) is 20.8 Å². The number of amides is 2. The van der Waals surface area contributed by atoms with Crippen LogP contribution in [0.3, 0.4) is 0 Å². The van der Waals surface area contributed by atoms with E-state index in [1.807, 2.05) is 0 Å². The summed E-state index contributed by atoms with van der Waals surface area (Å²) in [6.45, 7) is 5.92. The molecule has 2 rings (SSSR count). The Morgan fingerprint density at radius 3 is 2.39 bits per heavy atom. The molecule has 1 aromatic heterocycles. The highest BCUT2D eigenvalue weighted by Gasteiger charge is 2.36. The highest BCUT2D eigenvalue weighted by molar-refractivity contribution is 5.89.